The lowest BCUT2D eigenvalue weighted by molar-refractivity contribution is 1.35. The molecule has 2 heterocycles. The minimum atomic E-state index is 0.724. The van der Waals surface area contributed by atoms with E-state index in [1.807, 2.05) is 42.6 Å². The average molecular weight is 355 g/mol. The zero-order valence-corrected chi connectivity index (χ0v) is 14.7. The van der Waals surface area contributed by atoms with Crippen molar-refractivity contribution in [2.45, 2.75) is 0 Å². The predicted molar refractivity (Wildman–Crippen MR) is 109 cm³/mol. The summed E-state index contributed by atoms with van der Waals surface area (Å²) in [4.78, 5) is 8.37. The smallest absolute Gasteiger partial charge is 0.0809 e. The van der Waals surface area contributed by atoms with Gasteiger partial charge >= 0.3 is 0 Å². The highest BCUT2D eigenvalue weighted by Gasteiger charge is 2.13. The molecule has 0 aliphatic rings. The van der Waals surface area contributed by atoms with Crippen molar-refractivity contribution in [3.63, 3.8) is 0 Å². The number of aromatic nitrogens is 2. The summed E-state index contributed by atoms with van der Waals surface area (Å²) in [6, 6.07) is 26.7. The molecule has 0 aliphatic heterocycles. The van der Waals surface area contributed by atoms with Crippen molar-refractivity contribution in [2.24, 2.45) is 0 Å². The first kappa shape index (κ1) is 15.2. The number of H-pyrrole nitrogens is 1. The molecule has 0 amide bonds. The van der Waals surface area contributed by atoms with Crippen LogP contribution >= 0.6 is 11.6 Å². The highest BCUT2D eigenvalue weighted by molar-refractivity contribution is 6.31. The quantitative estimate of drug-likeness (QED) is 0.375. The van der Waals surface area contributed by atoms with Crippen LogP contribution in [0, 0.1) is 0 Å². The normalized spacial score (nSPS) is 11.3. The molecule has 0 fully saturated rings. The maximum Gasteiger partial charge on any atom is 0.0809 e. The number of hydrogen-bond donors (Lipinski definition) is 1. The minimum Gasteiger partial charge on any atom is -0.360 e. The number of nitrogens with one attached hydrogen (secondary N) is 1. The summed E-state index contributed by atoms with van der Waals surface area (Å²) in [5.74, 6) is 0. The van der Waals surface area contributed by atoms with Gasteiger partial charge in [0.15, 0.2) is 0 Å². The summed E-state index contributed by atoms with van der Waals surface area (Å²) >= 11 is 6.25. The van der Waals surface area contributed by atoms with Gasteiger partial charge in [-0.1, -0.05) is 66.2 Å². The van der Waals surface area contributed by atoms with Gasteiger partial charge in [-0.05, 0) is 29.7 Å². The molecule has 2 aromatic heterocycles. The molecule has 0 spiro atoms. The van der Waals surface area contributed by atoms with E-state index < -0.39 is 0 Å². The van der Waals surface area contributed by atoms with Gasteiger partial charge in [0, 0.05) is 38.6 Å². The molecular formula is C23H15ClN2. The van der Waals surface area contributed by atoms with E-state index in [4.69, 9.17) is 16.6 Å². The van der Waals surface area contributed by atoms with E-state index in [0.29, 0.717) is 0 Å². The Morgan fingerprint density at radius 1 is 0.769 bits per heavy atom. The Morgan fingerprint density at radius 3 is 2.46 bits per heavy atom. The van der Waals surface area contributed by atoms with Crippen LogP contribution in [0.15, 0.2) is 85.1 Å². The highest BCUT2D eigenvalue weighted by atomic mass is 35.5. The van der Waals surface area contributed by atoms with E-state index in [9.17, 15) is 0 Å². The van der Waals surface area contributed by atoms with Crippen LogP contribution in [0.2, 0.25) is 5.02 Å². The molecule has 5 rings (SSSR count). The van der Waals surface area contributed by atoms with E-state index in [1.54, 1.807) is 0 Å². The van der Waals surface area contributed by atoms with E-state index in [-0.39, 0.29) is 0 Å². The van der Waals surface area contributed by atoms with Gasteiger partial charge in [-0.3, -0.25) is 0 Å². The Balaban J connectivity index is 1.85. The molecule has 3 aromatic carbocycles. The molecule has 124 valence electrons. The number of fused-ring (bicyclic) bond motifs is 2. The fourth-order valence-electron chi connectivity index (χ4n) is 3.45. The predicted octanol–water partition coefficient (Wildman–Crippen LogP) is 6.70. The molecule has 0 radical (unpaired) electrons. The fraction of sp³-hybridized carbons (Fsp3) is 0. The number of hydrogen-bond acceptors (Lipinski definition) is 1. The molecule has 0 saturated heterocycles. The third-order valence-corrected chi connectivity index (χ3v) is 4.94. The van der Waals surface area contributed by atoms with Crippen LogP contribution in [0.1, 0.15) is 0 Å². The second-order valence-corrected chi connectivity index (χ2v) is 6.77. The van der Waals surface area contributed by atoms with Crippen molar-refractivity contribution in [3.8, 4) is 22.5 Å². The second-order valence-electron chi connectivity index (χ2n) is 6.34. The lowest BCUT2D eigenvalue weighted by Gasteiger charge is -2.09. The first-order valence-corrected chi connectivity index (χ1v) is 8.89. The summed E-state index contributed by atoms with van der Waals surface area (Å²) in [5.41, 5.74) is 5.17. The van der Waals surface area contributed by atoms with Gasteiger partial charge in [-0.25, -0.2) is 4.98 Å². The van der Waals surface area contributed by atoms with Crippen LogP contribution in [0.3, 0.4) is 0 Å². The number of nitrogens with zero attached hydrogens (tertiary/aromatic N) is 1. The van der Waals surface area contributed by atoms with Crippen molar-refractivity contribution in [1.29, 1.82) is 0 Å². The summed E-state index contributed by atoms with van der Waals surface area (Å²) in [6.07, 6.45) is 2.02. The number of pyridine rings is 1. The average Bonchev–Trinajstić information content (AvgIpc) is 3.10. The van der Waals surface area contributed by atoms with Crippen molar-refractivity contribution in [1.82, 2.24) is 9.97 Å². The van der Waals surface area contributed by atoms with Gasteiger partial charge in [-0.2, -0.15) is 0 Å². The zero-order valence-electron chi connectivity index (χ0n) is 13.9. The van der Waals surface area contributed by atoms with Crippen LogP contribution in [-0.2, 0) is 0 Å². The van der Waals surface area contributed by atoms with Gasteiger partial charge in [0.25, 0.3) is 0 Å². The van der Waals surface area contributed by atoms with Crippen LogP contribution < -0.4 is 0 Å². The van der Waals surface area contributed by atoms with Crippen molar-refractivity contribution >= 4 is 33.3 Å². The molecule has 3 heteroatoms. The Bertz CT molecular complexity index is 1240. The second kappa shape index (κ2) is 6.01. The molecule has 2 nitrogen and oxygen atoms in total. The highest BCUT2D eigenvalue weighted by Crippen LogP contribution is 2.35. The monoisotopic (exact) mass is 354 g/mol. The summed E-state index contributed by atoms with van der Waals surface area (Å²) < 4.78 is 0. The molecule has 1 N–H and O–H groups in total. The largest absolute Gasteiger partial charge is 0.360 e. The van der Waals surface area contributed by atoms with Gasteiger partial charge in [-0.15, -0.1) is 0 Å². The molecular weight excluding hydrogens is 340 g/mol. The van der Waals surface area contributed by atoms with Crippen LogP contribution in [0.5, 0.6) is 0 Å². The molecule has 26 heavy (non-hydrogen) atoms. The van der Waals surface area contributed by atoms with Gasteiger partial charge < -0.3 is 4.98 Å². The van der Waals surface area contributed by atoms with Crippen molar-refractivity contribution < 1.29 is 0 Å². The fourth-order valence-corrected chi connectivity index (χ4v) is 3.62. The summed E-state index contributed by atoms with van der Waals surface area (Å²) in [7, 11) is 0. The molecule has 5 aromatic rings. The maximum atomic E-state index is 6.25. The lowest BCUT2D eigenvalue weighted by Crippen LogP contribution is -1.90. The van der Waals surface area contributed by atoms with Crippen molar-refractivity contribution in [3.05, 3.63) is 90.1 Å². The Labute approximate surface area is 156 Å². The van der Waals surface area contributed by atoms with Crippen molar-refractivity contribution in [2.75, 3.05) is 0 Å². The third-order valence-electron chi connectivity index (χ3n) is 4.71. The first-order valence-electron chi connectivity index (χ1n) is 8.52. The van der Waals surface area contributed by atoms with Crippen LogP contribution in [0.4, 0.5) is 0 Å². The van der Waals surface area contributed by atoms with Gasteiger partial charge in [0.1, 0.15) is 0 Å². The Morgan fingerprint density at radius 2 is 1.58 bits per heavy atom. The molecule has 0 atom stereocenters. The zero-order chi connectivity index (χ0) is 17.5. The number of halogens is 1. The number of aromatic amines is 1. The van der Waals surface area contributed by atoms with E-state index in [1.165, 1.54) is 5.39 Å². The van der Waals surface area contributed by atoms with E-state index >= 15 is 0 Å². The minimum absolute atomic E-state index is 0.724. The molecule has 0 aliphatic carbocycles. The number of benzene rings is 3. The topological polar surface area (TPSA) is 28.7 Å². The standard InChI is InChI=1S/C23H15ClN2/c24-17-10-11-21-19(13-17)20(14-25-21)23-18-9-5-4-8-16(18)12-22(26-23)15-6-2-1-3-7-15/h1-14,25H. The SMILES string of the molecule is Clc1ccc2[nH]cc(-c3nc(-c4ccccc4)cc4ccccc34)c2c1. The maximum absolute atomic E-state index is 6.25. The molecule has 0 bridgehead atoms. The number of rotatable bonds is 2. The lowest BCUT2D eigenvalue weighted by atomic mass is 10.0. The van der Waals surface area contributed by atoms with E-state index in [2.05, 4.69) is 47.4 Å². The van der Waals surface area contributed by atoms with Gasteiger partial charge in [0.05, 0.1) is 11.4 Å². The Hall–Kier alpha value is -3.10. The molecule has 0 unspecified atom stereocenters. The summed E-state index contributed by atoms with van der Waals surface area (Å²) in [6.45, 7) is 0. The first-order chi connectivity index (χ1) is 12.8. The van der Waals surface area contributed by atoms with Crippen LogP contribution in [-0.4, -0.2) is 9.97 Å². The van der Waals surface area contributed by atoms with Gasteiger partial charge in [0.2, 0.25) is 0 Å². The Kier molecular flexibility index (Phi) is 3.51. The third kappa shape index (κ3) is 2.47. The summed E-state index contributed by atoms with van der Waals surface area (Å²) in [5, 5.41) is 4.11. The molecule has 0 saturated carbocycles. The van der Waals surface area contributed by atoms with Crippen LogP contribution in [0.25, 0.3) is 44.2 Å². The van der Waals surface area contributed by atoms with E-state index in [0.717, 1.165) is 43.8 Å².